The van der Waals surface area contributed by atoms with Crippen LogP contribution in [0.25, 0.3) is 0 Å². The highest BCUT2D eigenvalue weighted by Crippen LogP contribution is 2.23. The van der Waals surface area contributed by atoms with Crippen molar-refractivity contribution in [2.75, 3.05) is 19.6 Å². The number of hydrogen-bond donors (Lipinski definition) is 2. The molecule has 0 saturated heterocycles. The summed E-state index contributed by atoms with van der Waals surface area (Å²) in [5, 5.41) is 13.5. The van der Waals surface area contributed by atoms with Crippen LogP contribution in [0.3, 0.4) is 0 Å². The number of phenols is 1. The van der Waals surface area contributed by atoms with Gasteiger partial charge < -0.3 is 5.11 Å². The summed E-state index contributed by atoms with van der Waals surface area (Å²) >= 11 is 5.80. The SMILES string of the molecule is CCN(CC)CC#Cc1cccc(C=NNC(=O)c2ccc(O)c(Cl)c2)c1. The van der Waals surface area contributed by atoms with E-state index in [0.717, 1.165) is 30.8 Å². The van der Waals surface area contributed by atoms with Crippen molar-refractivity contribution >= 4 is 23.7 Å². The van der Waals surface area contributed by atoms with Crippen LogP contribution in [0.15, 0.2) is 47.6 Å². The maximum Gasteiger partial charge on any atom is 0.271 e. The second kappa shape index (κ2) is 10.4. The highest BCUT2D eigenvalue weighted by atomic mass is 35.5. The zero-order chi connectivity index (χ0) is 19.6. The molecule has 0 aliphatic carbocycles. The standard InChI is InChI=1S/C21H22ClN3O2/c1-3-25(4-2)12-6-9-16-7-5-8-17(13-16)15-23-24-21(27)18-10-11-20(26)19(22)14-18/h5,7-8,10-11,13-15,26H,3-4,12H2,1-2H3,(H,24,27). The molecule has 27 heavy (non-hydrogen) atoms. The lowest BCUT2D eigenvalue weighted by Gasteiger charge is -2.13. The molecule has 140 valence electrons. The van der Waals surface area contributed by atoms with E-state index < -0.39 is 5.91 Å². The van der Waals surface area contributed by atoms with Crippen molar-refractivity contribution in [3.63, 3.8) is 0 Å². The van der Waals surface area contributed by atoms with Crippen molar-refractivity contribution in [3.8, 4) is 17.6 Å². The summed E-state index contributed by atoms with van der Waals surface area (Å²) in [5.41, 5.74) is 4.46. The third kappa shape index (κ3) is 6.45. The van der Waals surface area contributed by atoms with E-state index in [0.29, 0.717) is 5.56 Å². The molecule has 0 spiro atoms. The highest BCUT2D eigenvalue weighted by Gasteiger charge is 2.07. The molecule has 2 aromatic carbocycles. The summed E-state index contributed by atoms with van der Waals surface area (Å²) in [6.45, 7) is 6.91. The first-order valence-electron chi connectivity index (χ1n) is 8.66. The minimum Gasteiger partial charge on any atom is -0.506 e. The molecule has 0 unspecified atom stereocenters. The second-order valence-corrected chi connectivity index (χ2v) is 6.16. The van der Waals surface area contributed by atoms with Crippen LogP contribution in [-0.2, 0) is 0 Å². The van der Waals surface area contributed by atoms with Gasteiger partial charge in [0.2, 0.25) is 0 Å². The molecule has 0 heterocycles. The molecule has 0 aliphatic rings. The van der Waals surface area contributed by atoms with Crippen LogP contribution >= 0.6 is 11.6 Å². The Kier molecular flexibility index (Phi) is 7.87. The number of hydrazone groups is 1. The molecule has 2 aromatic rings. The van der Waals surface area contributed by atoms with Crippen LogP contribution in [0.1, 0.15) is 35.3 Å². The summed E-state index contributed by atoms with van der Waals surface area (Å²) in [6, 6.07) is 11.8. The summed E-state index contributed by atoms with van der Waals surface area (Å²) in [6.07, 6.45) is 1.55. The van der Waals surface area contributed by atoms with E-state index in [1.165, 1.54) is 18.2 Å². The van der Waals surface area contributed by atoms with Crippen LogP contribution in [0, 0.1) is 11.8 Å². The van der Waals surface area contributed by atoms with E-state index >= 15 is 0 Å². The number of phenolic OH excluding ortho intramolecular Hbond substituents is 1. The Hall–Kier alpha value is -2.81. The van der Waals surface area contributed by atoms with Crippen LogP contribution in [-0.4, -0.2) is 41.8 Å². The smallest absolute Gasteiger partial charge is 0.271 e. The van der Waals surface area contributed by atoms with Crippen LogP contribution in [0.4, 0.5) is 0 Å². The van der Waals surface area contributed by atoms with Crippen molar-refractivity contribution in [3.05, 3.63) is 64.2 Å². The van der Waals surface area contributed by atoms with Gasteiger partial charge in [0.25, 0.3) is 5.91 Å². The fourth-order valence-corrected chi connectivity index (χ4v) is 2.46. The lowest BCUT2D eigenvalue weighted by Crippen LogP contribution is -2.22. The molecule has 6 heteroatoms. The summed E-state index contributed by atoms with van der Waals surface area (Å²) in [4.78, 5) is 14.3. The molecule has 1 amide bonds. The first-order chi connectivity index (χ1) is 13.0. The Bertz CT molecular complexity index is 880. The van der Waals surface area contributed by atoms with Gasteiger partial charge in [0.15, 0.2) is 0 Å². The fraction of sp³-hybridized carbons (Fsp3) is 0.238. The van der Waals surface area contributed by atoms with Gasteiger partial charge in [0.1, 0.15) is 5.75 Å². The number of nitrogens with zero attached hydrogens (tertiary/aromatic N) is 2. The predicted octanol–water partition coefficient (Wildman–Crippen LogP) is 3.50. The lowest BCUT2D eigenvalue weighted by molar-refractivity contribution is 0.0955. The zero-order valence-electron chi connectivity index (χ0n) is 15.4. The molecule has 0 aliphatic heterocycles. The molecular weight excluding hydrogens is 362 g/mol. The Balaban J connectivity index is 1.98. The topological polar surface area (TPSA) is 64.9 Å². The van der Waals surface area contributed by atoms with E-state index in [2.05, 4.69) is 41.1 Å². The molecule has 0 aromatic heterocycles. The first-order valence-corrected chi connectivity index (χ1v) is 9.04. The number of benzene rings is 2. The average molecular weight is 384 g/mol. The number of nitrogens with one attached hydrogen (secondary N) is 1. The average Bonchev–Trinajstić information content (AvgIpc) is 2.67. The number of carbonyl (C=O) groups is 1. The van der Waals surface area contributed by atoms with E-state index in [9.17, 15) is 9.90 Å². The van der Waals surface area contributed by atoms with Gasteiger partial charge in [0, 0.05) is 11.1 Å². The molecule has 5 nitrogen and oxygen atoms in total. The van der Waals surface area contributed by atoms with Crippen molar-refractivity contribution in [2.24, 2.45) is 5.10 Å². The van der Waals surface area contributed by atoms with Crippen LogP contribution < -0.4 is 5.43 Å². The second-order valence-electron chi connectivity index (χ2n) is 5.75. The predicted molar refractivity (Wildman–Crippen MR) is 109 cm³/mol. The zero-order valence-corrected chi connectivity index (χ0v) is 16.1. The number of amides is 1. The molecule has 0 radical (unpaired) electrons. The quantitative estimate of drug-likeness (QED) is 0.456. The molecular formula is C21H22ClN3O2. The largest absolute Gasteiger partial charge is 0.506 e. The third-order valence-corrected chi connectivity index (χ3v) is 4.21. The van der Waals surface area contributed by atoms with Gasteiger partial charge in [-0.2, -0.15) is 5.10 Å². The van der Waals surface area contributed by atoms with Gasteiger partial charge in [-0.1, -0.05) is 49.4 Å². The lowest BCUT2D eigenvalue weighted by atomic mass is 10.1. The summed E-state index contributed by atoms with van der Waals surface area (Å²) in [7, 11) is 0. The van der Waals surface area contributed by atoms with Crippen molar-refractivity contribution < 1.29 is 9.90 Å². The first kappa shape index (κ1) is 20.5. The Morgan fingerprint density at radius 3 is 2.74 bits per heavy atom. The van der Waals surface area contributed by atoms with Crippen LogP contribution in [0.5, 0.6) is 5.75 Å². The molecule has 2 N–H and O–H groups in total. The van der Waals surface area contributed by atoms with Gasteiger partial charge >= 0.3 is 0 Å². The van der Waals surface area contributed by atoms with Crippen LogP contribution in [0.2, 0.25) is 5.02 Å². The maximum atomic E-state index is 12.0. The Morgan fingerprint density at radius 1 is 1.26 bits per heavy atom. The number of carbonyl (C=O) groups excluding carboxylic acids is 1. The van der Waals surface area contributed by atoms with Gasteiger partial charge in [-0.15, -0.1) is 0 Å². The van der Waals surface area contributed by atoms with Gasteiger partial charge in [-0.25, -0.2) is 5.43 Å². The minimum atomic E-state index is -0.414. The third-order valence-electron chi connectivity index (χ3n) is 3.91. The number of rotatable bonds is 6. The molecule has 0 fully saturated rings. The van der Waals surface area contributed by atoms with Crippen molar-refractivity contribution in [1.82, 2.24) is 10.3 Å². The molecule has 0 saturated carbocycles. The van der Waals surface area contributed by atoms with Gasteiger partial charge in [-0.3, -0.25) is 9.69 Å². The van der Waals surface area contributed by atoms with E-state index in [4.69, 9.17) is 11.6 Å². The molecule has 0 atom stereocenters. The number of hydrogen-bond acceptors (Lipinski definition) is 4. The van der Waals surface area contributed by atoms with E-state index in [1.54, 1.807) is 6.21 Å². The maximum absolute atomic E-state index is 12.0. The fourth-order valence-electron chi connectivity index (χ4n) is 2.28. The van der Waals surface area contributed by atoms with Gasteiger partial charge in [-0.05, 0) is 49.0 Å². The minimum absolute atomic E-state index is 0.0735. The van der Waals surface area contributed by atoms with E-state index in [-0.39, 0.29) is 10.8 Å². The number of halogens is 1. The van der Waals surface area contributed by atoms with Gasteiger partial charge in [0.05, 0.1) is 17.8 Å². The molecule has 2 rings (SSSR count). The van der Waals surface area contributed by atoms with E-state index in [1.807, 2.05) is 24.3 Å². The Labute approximate surface area is 164 Å². The highest BCUT2D eigenvalue weighted by molar-refractivity contribution is 6.32. The van der Waals surface area contributed by atoms with Crippen molar-refractivity contribution in [1.29, 1.82) is 0 Å². The van der Waals surface area contributed by atoms with Crippen molar-refractivity contribution in [2.45, 2.75) is 13.8 Å². The summed E-state index contributed by atoms with van der Waals surface area (Å²) in [5.74, 6) is 5.82. The number of aromatic hydroxyl groups is 1. The monoisotopic (exact) mass is 383 g/mol. The normalized spacial score (nSPS) is 10.7. The summed E-state index contributed by atoms with van der Waals surface area (Å²) < 4.78 is 0. The molecule has 0 bridgehead atoms. The Morgan fingerprint density at radius 2 is 2.04 bits per heavy atom.